The van der Waals surface area contributed by atoms with Crippen LogP contribution in [-0.2, 0) is 9.53 Å². The Bertz CT molecular complexity index is 177. The van der Waals surface area contributed by atoms with E-state index in [2.05, 4.69) is 6.58 Å². The van der Waals surface area contributed by atoms with Crippen LogP contribution in [0.5, 0.6) is 0 Å². The molecule has 0 rings (SSSR count). The van der Waals surface area contributed by atoms with Crippen molar-refractivity contribution in [2.75, 3.05) is 0 Å². The Labute approximate surface area is 85.8 Å². The number of aliphatic hydroxyl groups is 1. The van der Waals surface area contributed by atoms with E-state index in [1.165, 1.54) is 0 Å². The fourth-order valence-corrected chi connectivity index (χ4v) is 1.27. The molecule has 0 bridgehead atoms. The summed E-state index contributed by atoms with van der Waals surface area (Å²) in [5.74, 6) is -0.416. The minimum Gasteiger partial charge on any atom is -0.459 e. The van der Waals surface area contributed by atoms with Crippen LogP contribution in [0.3, 0.4) is 0 Å². The molecule has 0 fully saturated rings. The van der Waals surface area contributed by atoms with E-state index in [0.29, 0.717) is 6.42 Å². The van der Waals surface area contributed by atoms with Gasteiger partial charge in [-0.15, -0.1) is 0 Å². The van der Waals surface area contributed by atoms with Crippen molar-refractivity contribution in [2.24, 2.45) is 0 Å². The molecule has 0 heterocycles. The Morgan fingerprint density at radius 3 is 2.64 bits per heavy atom. The van der Waals surface area contributed by atoms with Gasteiger partial charge in [0, 0.05) is 12.5 Å². The van der Waals surface area contributed by atoms with Gasteiger partial charge in [-0.1, -0.05) is 26.8 Å². The lowest BCUT2D eigenvalue weighted by atomic mass is 10.1. The molecular weight excluding hydrogens is 180 g/mol. The highest BCUT2D eigenvalue weighted by Crippen LogP contribution is 2.11. The highest BCUT2D eigenvalue weighted by atomic mass is 16.5. The maximum atomic E-state index is 10.9. The molecular formula is C11H20O3. The van der Waals surface area contributed by atoms with Gasteiger partial charge in [0.1, 0.15) is 6.10 Å². The third-order valence-corrected chi connectivity index (χ3v) is 2.06. The van der Waals surface area contributed by atoms with E-state index in [1.54, 1.807) is 0 Å². The highest BCUT2D eigenvalue weighted by Gasteiger charge is 2.15. The molecule has 0 aromatic heterocycles. The maximum Gasteiger partial charge on any atom is 0.330 e. The smallest absolute Gasteiger partial charge is 0.330 e. The summed E-state index contributed by atoms with van der Waals surface area (Å²) >= 11 is 0. The molecule has 0 spiro atoms. The van der Waals surface area contributed by atoms with Crippen LogP contribution < -0.4 is 0 Å². The summed E-state index contributed by atoms with van der Waals surface area (Å²) in [5, 5.41) is 9.52. The van der Waals surface area contributed by atoms with Gasteiger partial charge in [-0.2, -0.15) is 0 Å². The zero-order valence-corrected chi connectivity index (χ0v) is 9.03. The van der Waals surface area contributed by atoms with Gasteiger partial charge in [-0.25, -0.2) is 4.79 Å². The second-order valence-electron chi connectivity index (χ2n) is 3.35. The molecule has 2 atom stereocenters. The quantitative estimate of drug-likeness (QED) is 0.505. The van der Waals surface area contributed by atoms with Crippen LogP contribution >= 0.6 is 0 Å². The molecule has 0 saturated heterocycles. The summed E-state index contributed by atoms with van der Waals surface area (Å²) in [6, 6.07) is 0. The van der Waals surface area contributed by atoms with E-state index in [0.717, 1.165) is 25.3 Å². The topological polar surface area (TPSA) is 46.5 Å². The highest BCUT2D eigenvalue weighted by molar-refractivity contribution is 5.81. The molecule has 1 N–H and O–H groups in total. The van der Waals surface area contributed by atoms with Crippen LogP contribution in [0.4, 0.5) is 0 Å². The van der Waals surface area contributed by atoms with Gasteiger partial charge in [0.15, 0.2) is 0 Å². The summed E-state index contributed by atoms with van der Waals surface area (Å²) < 4.78 is 5.05. The van der Waals surface area contributed by atoms with E-state index in [4.69, 9.17) is 4.74 Å². The van der Waals surface area contributed by atoms with E-state index in [9.17, 15) is 9.90 Å². The van der Waals surface area contributed by atoms with Crippen molar-refractivity contribution in [2.45, 2.75) is 51.7 Å². The Balaban J connectivity index is 3.89. The van der Waals surface area contributed by atoms with Crippen LogP contribution in [0.25, 0.3) is 0 Å². The molecule has 0 aliphatic carbocycles. The molecule has 0 saturated carbocycles. The summed E-state index contributed by atoms with van der Waals surface area (Å²) in [4.78, 5) is 10.9. The summed E-state index contributed by atoms with van der Waals surface area (Å²) in [6.45, 7) is 7.27. The number of ether oxygens (including phenoxy) is 1. The SMILES string of the molecule is C=CC(=O)OC(CC)CC(O)CCC. The first-order chi connectivity index (χ1) is 6.63. The van der Waals surface area contributed by atoms with Crippen LogP contribution in [0.2, 0.25) is 0 Å². The summed E-state index contributed by atoms with van der Waals surface area (Å²) in [5.41, 5.74) is 0. The maximum absolute atomic E-state index is 10.9. The first kappa shape index (κ1) is 13.2. The van der Waals surface area contributed by atoms with Crippen LogP contribution in [-0.4, -0.2) is 23.3 Å². The lowest BCUT2D eigenvalue weighted by Crippen LogP contribution is -2.22. The fourth-order valence-electron chi connectivity index (χ4n) is 1.27. The van der Waals surface area contributed by atoms with E-state index < -0.39 is 5.97 Å². The number of carbonyl (C=O) groups is 1. The molecule has 3 heteroatoms. The molecule has 0 aliphatic heterocycles. The minimum atomic E-state index is -0.416. The van der Waals surface area contributed by atoms with Gasteiger partial charge in [0.2, 0.25) is 0 Å². The molecule has 0 aromatic carbocycles. The standard InChI is InChI=1S/C11H20O3/c1-4-7-9(12)8-10(5-2)14-11(13)6-3/h6,9-10,12H,3-5,7-8H2,1-2H3. The van der Waals surface area contributed by atoms with Gasteiger partial charge in [0.25, 0.3) is 0 Å². The van der Waals surface area contributed by atoms with Gasteiger partial charge < -0.3 is 9.84 Å². The zero-order chi connectivity index (χ0) is 11.0. The van der Waals surface area contributed by atoms with Crippen LogP contribution in [0.1, 0.15) is 39.5 Å². The predicted octanol–water partition coefficient (Wildman–Crippen LogP) is 2.05. The number of esters is 1. The number of aliphatic hydroxyl groups excluding tert-OH is 1. The lowest BCUT2D eigenvalue weighted by Gasteiger charge is -2.18. The minimum absolute atomic E-state index is 0.193. The predicted molar refractivity (Wildman–Crippen MR) is 55.9 cm³/mol. The molecule has 0 radical (unpaired) electrons. The second-order valence-corrected chi connectivity index (χ2v) is 3.35. The zero-order valence-electron chi connectivity index (χ0n) is 9.03. The van der Waals surface area contributed by atoms with E-state index in [1.807, 2.05) is 13.8 Å². The molecule has 0 amide bonds. The number of carbonyl (C=O) groups excluding carboxylic acids is 1. The first-order valence-corrected chi connectivity index (χ1v) is 5.15. The average molecular weight is 200 g/mol. The Kier molecular flexibility index (Phi) is 7.11. The van der Waals surface area contributed by atoms with Crippen molar-refractivity contribution in [1.29, 1.82) is 0 Å². The molecule has 14 heavy (non-hydrogen) atoms. The number of hydrogen-bond donors (Lipinski definition) is 1. The van der Waals surface area contributed by atoms with Gasteiger partial charge in [-0.3, -0.25) is 0 Å². The van der Waals surface area contributed by atoms with Gasteiger partial charge in [-0.05, 0) is 12.8 Å². The first-order valence-electron chi connectivity index (χ1n) is 5.15. The largest absolute Gasteiger partial charge is 0.459 e. The molecule has 0 aromatic rings. The third kappa shape index (κ3) is 5.75. The van der Waals surface area contributed by atoms with Crippen molar-refractivity contribution < 1.29 is 14.6 Å². The number of rotatable bonds is 7. The Morgan fingerprint density at radius 2 is 2.21 bits per heavy atom. The average Bonchev–Trinajstić information content (AvgIpc) is 2.16. The Hall–Kier alpha value is -0.830. The van der Waals surface area contributed by atoms with Gasteiger partial charge in [0.05, 0.1) is 6.10 Å². The third-order valence-electron chi connectivity index (χ3n) is 2.06. The second kappa shape index (κ2) is 7.56. The van der Waals surface area contributed by atoms with Crippen LogP contribution in [0.15, 0.2) is 12.7 Å². The van der Waals surface area contributed by atoms with Crippen molar-refractivity contribution in [3.05, 3.63) is 12.7 Å². The van der Waals surface area contributed by atoms with E-state index >= 15 is 0 Å². The summed E-state index contributed by atoms with van der Waals surface area (Å²) in [7, 11) is 0. The molecule has 82 valence electrons. The van der Waals surface area contributed by atoms with Crippen molar-refractivity contribution in [3.8, 4) is 0 Å². The fraction of sp³-hybridized carbons (Fsp3) is 0.727. The molecule has 3 nitrogen and oxygen atoms in total. The number of hydrogen-bond acceptors (Lipinski definition) is 3. The van der Waals surface area contributed by atoms with Crippen molar-refractivity contribution >= 4 is 5.97 Å². The Morgan fingerprint density at radius 1 is 1.57 bits per heavy atom. The lowest BCUT2D eigenvalue weighted by molar-refractivity contribution is -0.144. The molecule has 0 aliphatic rings. The summed E-state index contributed by atoms with van der Waals surface area (Å²) in [6.07, 6.45) is 3.51. The molecule has 2 unspecified atom stereocenters. The van der Waals surface area contributed by atoms with Crippen molar-refractivity contribution in [3.63, 3.8) is 0 Å². The van der Waals surface area contributed by atoms with Crippen LogP contribution in [0, 0.1) is 0 Å². The normalized spacial score (nSPS) is 14.5. The van der Waals surface area contributed by atoms with Gasteiger partial charge >= 0.3 is 5.97 Å². The van der Waals surface area contributed by atoms with E-state index in [-0.39, 0.29) is 12.2 Å². The monoisotopic (exact) mass is 200 g/mol. The van der Waals surface area contributed by atoms with Crippen molar-refractivity contribution in [1.82, 2.24) is 0 Å².